The minimum absolute atomic E-state index is 0.163. The zero-order valence-corrected chi connectivity index (χ0v) is 22.3. The van der Waals surface area contributed by atoms with Crippen molar-refractivity contribution in [2.24, 2.45) is 0 Å². The van der Waals surface area contributed by atoms with E-state index in [2.05, 4.69) is 11.8 Å². The summed E-state index contributed by atoms with van der Waals surface area (Å²) < 4.78 is 33.2. The van der Waals surface area contributed by atoms with Gasteiger partial charge in [-0.25, -0.2) is 8.42 Å². The smallest absolute Gasteiger partial charge is 0.322 e. The normalized spacial score (nSPS) is 13.6. The highest BCUT2D eigenvalue weighted by Gasteiger charge is 2.39. The summed E-state index contributed by atoms with van der Waals surface area (Å²) in [5, 5.41) is 10.6. The third kappa shape index (κ3) is 5.96. The number of nitrogens with zero attached hydrogens (tertiary/aromatic N) is 2. The van der Waals surface area contributed by atoms with Crippen molar-refractivity contribution in [2.45, 2.75) is 17.4 Å². The van der Waals surface area contributed by atoms with Gasteiger partial charge in [0.25, 0.3) is 11.8 Å². The average molecular weight is 567 g/mol. The van der Waals surface area contributed by atoms with E-state index >= 15 is 0 Å². The van der Waals surface area contributed by atoms with Crippen LogP contribution in [0.15, 0.2) is 77.7 Å². The zero-order chi connectivity index (χ0) is 28.2. The van der Waals surface area contributed by atoms with Gasteiger partial charge < -0.3 is 9.84 Å². The molecule has 200 valence electrons. The number of hydrogen-bond donors (Lipinski definition) is 1. The Morgan fingerprint density at radius 1 is 1.00 bits per heavy atom. The van der Waals surface area contributed by atoms with Gasteiger partial charge in [0.1, 0.15) is 11.8 Å². The Hall–Kier alpha value is -4.17. The van der Waals surface area contributed by atoms with Crippen LogP contribution in [0, 0.1) is 11.8 Å². The maximum absolute atomic E-state index is 13.7. The van der Waals surface area contributed by atoms with Gasteiger partial charge in [-0.1, -0.05) is 35.6 Å². The number of carboxylic acids is 1. The summed E-state index contributed by atoms with van der Waals surface area (Å²) in [7, 11) is -2.94. The molecule has 1 aliphatic heterocycles. The molecule has 0 fully saturated rings. The monoisotopic (exact) mass is 566 g/mol. The summed E-state index contributed by atoms with van der Waals surface area (Å²) in [6.45, 7) is -0.765. The number of imide groups is 1. The number of carbonyl (C=O) groups is 3. The van der Waals surface area contributed by atoms with Gasteiger partial charge in [-0.2, -0.15) is 4.31 Å². The Morgan fingerprint density at radius 2 is 1.59 bits per heavy atom. The standard InChI is InChI=1S/C28H23ClN2O7S/c1-38-21-12-14-22(15-13-21)39(36,37)31(17-4-5-19-8-10-20(29)11-9-19)25(28(34)35)16-18-30-26(32)23-6-2-3-7-24(23)27(30)33/h2-3,6-15,25H,16-18H2,1H3,(H,34,35). The molecule has 0 saturated heterocycles. The number of rotatable bonds is 9. The van der Waals surface area contributed by atoms with E-state index in [4.69, 9.17) is 16.3 Å². The van der Waals surface area contributed by atoms with Gasteiger partial charge in [-0.15, -0.1) is 0 Å². The minimum Gasteiger partial charge on any atom is -0.497 e. The number of ether oxygens (including phenoxy) is 1. The quantitative estimate of drug-likeness (QED) is 0.311. The molecule has 39 heavy (non-hydrogen) atoms. The van der Waals surface area contributed by atoms with E-state index in [1.165, 1.54) is 43.5 Å². The molecule has 0 bridgehead atoms. The lowest BCUT2D eigenvalue weighted by Crippen LogP contribution is -2.47. The molecular formula is C28H23ClN2O7S. The van der Waals surface area contributed by atoms with Crippen molar-refractivity contribution in [1.82, 2.24) is 9.21 Å². The van der Waals surface area contributed by atoms with E-state index in [-0.39, 0.29) is 29.0 Å². The molecule has 1 atom stereocenters. The first-order chi connectivity index (χ1) is 18.6. The van der Waals surface area contributed by atoms with Crippen LogP contribution >= 0.6 is 11.6 Å². The summed E-state index contributed by atoms with van der Waals surface area (Å²) in [5.41, 5.74) is 0.982. The molecule has 0 aliphatic carbocycles. The average Bonchev–Trinajstić information content (AvgIpc) is 3.17. The number of methoxy groups -OCH3 is 1. The number of hydrogen-bond acceptors (Lipinski definition) is 6. The summed E-state index contributed by atoms with van der Waals surface area (Å²) in [5.74, 6) is 3.39. The first-order valence-electron chi connectivity index (χ1n) is 11.7. The second-order valence-corrected chi connectivity index (χ2v) is 10.8. The molecule has 1 aliphatic rings. The fourth-order valence-corrected chi connectivity index (χ4v) is 5.72. The number of benzene rings is 3. The van der Waals surface area contributed by atoms with Crippen molar-refractivity contribution in [3.8, 4) is 17.6 Å². The lowest BCUT2D eigenvalue weighted by molar-refractivity contribution is -0.141. The van der Waals surface area contributed by atoms with Crippen LogP contribution in [0.5, 0.6) is 5.75 Å². The largest absolute Gasteiger partial charge is 0.497 e. The number of fused-ring (bicyclic) bond motifs is 1. The fourth-order valence-electron chi connectivity index (χ4n) is 4.08. The minimum atomic E-state index is -4.37. The predicted octanol–water partition coefficient (Wildman–Crippen LogP) is 3.53. The van der Waals surface area contributed by atoms with E-state index < -0.39 is 40.4 Å². The van der Waals surface area contributed by atoms with Crippen molar-refractivity contribution in [3.63, 3.8) is 0 Å². The lowest BCUT2D eigenvalue weighted by Gasteiger charge is -2.27. The second-order valence-electron chi connectivity index (χ2n) is 8.48. The van der Waals surface area contributed by atoms with Crippen molar-refractivity contribution in [3.05, 3.63) is 94.5 Å². The summed E-state index contributed by atoms with van der Waals surface area (Å²) in [6, 6.07) is 16.7. The van der Waals surface area contributed by atoms with Gasteiger partial charge in [0.2, 0.25) is 10.0 Å². The van der Waals surface area contributed by atoms with Crippen LogP contribution in [0.1, 0.15) is 32.7 Å². The molecule has 0 spiro atoms. The second kappa shape index (κ2) is 11.7. The van der Waals surface area contributed by atoms with Crippen molar-refractivity contribution >= 4 is 39.4 Å². The van der Waals surface area contributed by atoms with Crippen LogP contribution in [0.2, 0.25) is 5.02 Å². The van der Waals surface area contributed by atoms with Gasteiger partial charge in [-0.05, 0) is 67.1 Å². The number of aliphatic carboxylic acids is 1. The van der Waals surface area contributed by atoms with Gasteiger partial charge in [0, 0.05) is 17.1 Å². The molecule has 1 N–H and O–H groups in total. The van der Waals surface area contributed by atoms with Crippen LogP contribution < -0.4 is 4.74 Å². The SMILES string of the molecule is COc1ccc(S(=O)(=O)N(CC#Cc2ccc(Cl)cc2)C(CCN2C(=O)c3ccccc3C2=O)C(=O)O)cc1. The highest BCUT2D eigenvalue weighted by Crippen LogP contribution is 2.26. The first kappa shape index (κ1) is 27.9. The maximum Gasteiger partial charge on any atom is 0.322 e. The predicted molar refractivity (Wildman–Crippen MR) is 143 cm³/mol. The summed E-state index contributed by atoms with van der Waals surface area (Å²) >= 11 is 5.90. The third-order valence-electron chi connectivity index (χ3n) is 6.11. The molecule has 2 amide bonds. The van der Waals surface area contributed by atoms with Gasteiger partial charge in [-0.3, -0.25) is 19.3 Å². The number of carbonyl (C=O) groups excluding carboxylic acids is 2. The molecule has 3 aromatic carbocycles. The van der Waals surface area contributed by atoms with E-state index in [9.17, 15) is 27.9 Å². The molecular weight excluding hydrogens is 544 g/mol. The Morgan fingerprint density at radius 3 is 2.13 bits per heavy atom. The molecule has 3 aromatic rings. The van der Waals surface area contributed by atoms with Crippen LogP contribution in [-0.2, 0) is 14.8 Å². The van der Waals surface area contributed by atoms with Crippen molar-refractivity contribution in [1.29, 1.82) is 0 Å². The van der Waals surface area contributed by atoms with E-state index in [1.807, 2.05) is 0 Å². The molecule has 11 heteroatoms. The van der Waals surface area contributed by atoms with Crippen LogP contribution in [-0.4, -0.2) is 66.8 Å². The number of amides is 2. The molecule has 4 rings (SSSR count). The molecule has 0 saturated carbocycles. The Balaban J connectivity index is 1.64. The highest BCUT2D eigenvalue weighted by molar-refractivity contribution is 7.89. The van der Waals surface area contributed by atoms with Crippen molar-refractivity contribution < 1.29 is 32.6 Å². The number of halogens is 1. The third-order valence-corrected chi connectivity index (χ3v) is 8.24. The molecule has 9 nitrogen and oxygen atoms in total. The van der Waals surface area contributed by atoms with Gasteiger partial charge >= 0.3 is 5.97 Å². The van der Waals surface area contributed by atoms with Gasteiger partial charge in [0.15, 0.2) is 0 Å². The lowest BCUT2D eigenvalue weighted by atomic mass is 10.1. The summed E-state index contributed by atoms with van der Waals surface area (Å²) in [4.78, 5) is 38.7. The molecule has 1 heterocycles. The van der Waals surface area contributed by atoms with Crippen LogP contribution in [0.4, 0.5) is 0 Å². The number of sulfonamides is 1. The number of carboxylic acid groups (broad SMARTS) is 1. The molecule has 0 radical (unpaired) electrons. The Bertz CT molecular complexity index is 1540. The first-order valence-corrected chi connectivity index (χ1v) is 13.5. The van der Waals surface area contributed by atoms with Crippen LogP contribution in [0.3, 0.4) is 0 Å². The van der Waals surface area contributed by atoms with Crippen LogP contribution in [0.25, 0.3) is 0 Å². The topological polar surface area (TPSA) is 121 Å². The van der Waals surface area contributed by atoms with Gasteiger partial charge in [0.05, 0.1) is 29.7 Å². The van der Waals surface area contributed by atoms with E-state index in [1.54, 1.807) is 36.4 Å². The summed E-state index contributed by atoms with van der Waals surface area (Å²) in [6.07, 6.45) is -0.348. The highest BCUT2D eigenvalue weighted by atomic mass is 35.5. The zero-order valence-electron chi connectivity index (χ0n) is 20.7. The molecule has 0 aromatic heterocycles. The maximum atomic E-state index is 13.7. The Kier molecular flexibility index (Phi) is 8.35. The fraction of sp³-hybridized carbons (Fsp3) is 0.179. The molecule has 1 unspecified atom stereocenters. The van der Waals surface area contributed by atoms with E-state index in [0.717, 1.165) is 9.21 Å². The van der Waals surface area contributed by atoms with Crippen molar-refractivity contribution in [2.75, 3.05) is 20.2 Å². The Labute approximate surface area is 230 Å². The van der Waals surface area contributed by atoms with E-state index in [0.29, 0.717) is 16.3 Å².